The first-order valence-electron chi connectivity index (χ1n) is 6.00. The van der Waals surface area contributed by atoms with Gasteiger partial charge in [0.15, 0.2) is 0 Å². The summed E-state index contributed by atoms with van der Waals surface area (Å²) in [6.07, 6.45) is -4.34. The third-order valence-corrected chi connectivity index (χ3v) is 4.05. The number of hydrogen-bond donors (Lipinski definition) is 5. The maximum atomic E-state index is 10.5. The molecule has 10 nitrogen and oxygen atoms in total. The van der Waals surface area contributed by atoms with E-state index < -0.39 is 46.9 Å². The van der Waals surface area contributed by atoms with E-state index in [0.29, 0.717) is 11.8 Å². The van der Waals surface area contributed by atoms with Crippen molar-refractivity contribution in [1.82, 2.24) is 0 Å². The van der Waals surface area contributed by atoms with Gasteiger partial charge in [0.25, 0.3) is 0 Å². The topological polar surface area (TPSA) is 166 Å². The van der Waals surface area contributed by atoms with Crippen LogP contribution in [0.4, 0.5) is 0 Å². The van der Waals surface area contributed by atoms with E-state index in [2.05, 4.69) is 16.0 Å². The molecule has 1 aliphatic heterocycles. The molecule has 5 atom stereocenters. The van der Waals surface area contributed by atoms with Crippen LogP contribution in [0.2, 0.25) is 0 Å². The number of rotatable bonds is 6. The second kappa shape index (κ2) is 8.21. The van der Waals surface area contributed by atoms with E-state index >= 15 is 0 Å². The van der Waals surface area contributed by atoms with Crippen LogP contribution in [0.3, 0.4) is 0 Å². The van der Waals surface area contributed by atoms with Crippen molar-refractivity contribution in [2.45, 2.75) is 36.3 Å². The third kappa shape index (κ3) is 5.48. The predicted octanol–water partition coefficient (Wildman–Crippen LogP) is -1.77. The zero-order chi connectivity index (χ0) is 16.9. The van der Waals surface area contributed by atoms with Crippen LogP contribution in [0.25, 0.3) is 0 Å². The van der Waals surface area contributed by atoms with Crippen LogP contribution >= 0.6 is 11.8 Å². The molecule has 1 aliphatic rings. The molecule has 0 bridgehead atoms. The van der Waals surface area contributed by atoms with Crippen LogP contribution < -0.4 is 0 Å². The highest BCUT2D eigenvalue weighted by molar-refractivity contribution is 8.14. The predicted molar refractivity (Wildman–Crippen MR) is 76.2 cm³/mol. The standard InChI is InChI=1S/C10H17NO9S2/c1-2-3-6(11-20-22(16,17)18)21-10-9(15)8(14)7(13)5(4-12)19-10/h2,5,7-10,12-15H,1,3-4H2,(H,16,17,18)/b11-6-/t5-,7-,8+,9-,10?/m1/s1. The number of thioether (sulfide) groups is 1. The van der Waals surface area contributed by atoms with Gasteiger partial charge < -0.3 is 25.2 Å². The van der Waals surface area contributed by atoms with Gasteiger partial charge in [-0.05, 0) is 0 Å². The van der Waals surface area contributed by atoms with E-state index in [1.165, 1.54) is 6.08 Å². The van der Waals surface area contributed by atoms with Crippen LogP contribution in [-0.4, -0.2) is 74.9 Å². The summed E-state index contributed by atoms with van der Waals surface area (Å²) in [6, 6.07) is 0. The first-order valence-corrected chi connectivity index (χ1v) is 8.25. The van der Waals surface area contributed by atoms with E-state index in [4.69, 9.17) is 14.4 Å². The zero-order valence-corrected chi connectivity index (χ0v) is 12.9. The fourth-order valence-electron chi connectivity index (χ4n) is 1.62. The van der Waals surface area contributed by atoms with Gasteiger partial charge in [0.1, 0.15) is 34.9 Å². The van der Waals surface area contributed by atoms with Crippen molar-refractivity contribution in [3.8, 4) is 0 Å². The summed E-state index contributed by atoms with van der Waals surface area (Å²) in [6.45, 7) is 2.82. The minimum atomic E-state index is -4.79. The van der Waals surface area contributed by atoms with Crippen LogP contribution in [0, 0.1) is 0 Å². The smallest absolute Gasteiger partial charge is 0.394 e. The second-order valence-corrected chi connectivity index (χ2v) is 6.47. The lowest BCUT2D eigenvalue weighted by molar-refractivity contribution is -0.205. The van der Waals surface area contributed by atoms with E-state index in [1.54, 1.807) is 0 Å². The average molecular weight is 359 g/mol. The van der Waals surface area contributed by atoms with Crippen LogP contribution in [0.15, 0.2) is 17.8 Å². The number of aliphatic hydroxyl groups is 4. The fraction of sp³-hybridized carbons (Fsp3) is 0.700. The molecule has 0 spiro atoms. The van der Waals surface area contributed by atoms with Crippen LogP contribution in [-0.2, 0) is 19.4 Å². The molecule has 0 radical (unpaired) electrons. The summed E-state index contributed by atoms with van der Waals surface area (Å²) < 4.78 is 38.5. The molecule has 5 N–H and O–H groups in total. The fourth-order valence-corrected chi connectivity index (χ4v) is 2.91. The van der Waals surface area contributed by atoms with E-state index in [9.17, 15) is 23.7 Å². The lowest BCUT2D eigenvalue weighted by Crippen LogP contribution is -2.57. The molecule has 12 heteroatoms. The number of nitrogens with zero attached hydrogens (tertiary/aromatic N) is 1. The Labute approximate surface area is 131 Å². The largest absolute Gasteiger partial charge is 0.466 e. The van der Waals surface area contributed by atoms with Gasteiger partial charge in [0.05, 0.1) is 6.61 Å². The van der Waals surface area contributed by atoms with Crippen molar-refractivity contribution in [3.63, 3.8) is 0 Å². The molecule has 1 unspecified atom stereocenters. The highest BCUT2D eigenvalue weighted by Gasteiger charge is 2.44. The molecule has 1 heterocycles. The number of hydrogen-bond acceptors (Lipinski definition) is 10. The van der Waals surface area contributed by atoms with Gasteiger partial charge in [-0.2, -0.15) is 8.42 Å². The third-order valence-electron chi connectivity index (χ3n) is 2.65. The van der Waals surface area contributed by atoms with Gasteiger partial charge in [-0.15, -0.1) is 6.58 Å². The summed E-state index contributed by atoms with van der Waals surface area (Å²) in [5, 5.41) is 41.3. The summed E-state index contributed by atoms with van der Waals surface area (Å²) in [5.41, 5.74) is -1.15. The maximum Gasteiger partial charge on any atom is 0.466 e. The summed E-state index contributed by atoms with van der Waals surface area (Å²) in [5.74, 6) is 0. The Morgan fingerprint density at radius 1 is 1.32 bits per heavy atom. The Morgan fingerprint density at radius 3 is 2.45 bits per heavy atom. The molecule has 0 aromatic rings. The summed E-state index contributed by atoms with van der Waals surface area (Å²) >= 11 is 0.688. The van der Waals surface area contributed by atoms with Crippen LogP contribution in [0.1, 0.15) is 6.42 Å². The Kier molecular flexibility index (Phi) is 7.21. The zero-order valence-electron chi connectivity index (χ0n) is 11.2. The molecule has 128 valence electrons. The Balaban J connectivity index is 2.85. The lowest BCUT2D eigenvalue weighted by atomic mass is 10.0. The van der Waals surface area contributed by atoms with E-state index in [-0.39, 0.29) is 11.5 Å². The molecule has 0 aromatic carbocycles. The second-order valence-electron chi connectivity index (χ2n) is 4.30. The molecular formula is C10H17NO9S2. The number of allylic oxidation sites excluding steroid dienone is 1. The quantitative estimate of drug-likeness (QED) is 0.120. The van der Waals surface area contributed by atoms with Gasteiger partial charge in [-0.1, -0.05) is 23.0 Å². The Hall–Kier alpha value is -0.730. The lowest BCUT2D eigenvalue weighted by Gasteiger charge is -2.39. The van der Waals surface area contributed by atoms with Gasteiger partial charge >= 0.3 is 10.4 Å². The molecular weight excluding hydrogens is 342 g/mol. The first kappa shape index (κ1) is 19.3. The monoisotopic (exact) mass is 359 g/mol. The van der Waals surface area contributed by atoms with Crippen molar-refractivity contribution in [1.29, 1.82) is 0 Å². The van der Waals surface area contributed by atoms with Gasteiger partial charge in [-0.3, -0.25) is 4.55 Å². The molecule has 0 aliphatic carbocycles. The van der Waals surface area contributed by atoms with Gasteiger partial charge in [0, 0.05) is 6.42 Å². The SMILES string of the molecule is C=CC/C(=N/OS(=O)(=O)O)SC1O[C@H](CO)[C@@H](O)[C@H](O)[C@H]1O. The Morgan fingerprint density at radius 2 is 1.95 bits per heavy atom. The molecule has 0 saturated carbocycles. The van der Waals surface area contributed by atoms with E-state index in [1.807, 2.05) is 0 Å². The molecule has 0 amide bonds. The van der Waals surface area contributed by atoms with Crippen molar-refractivity contribution in [2.24, 2.45) is 5.16 Å². The highest BCUT2D eigenvalue weighted by Crippen LogP contribution is 2.30. The minimum Gasteiger partial charge on any atom is -0.394 e. The van der Waals surface area contributed by atoms with Crippen molar-refractivity contribution < 1.29 is 42.4 Å². The molecule has 1 rings (SSSR count). The van der Waals surface area contributed by atoms with Crippen molar-refractivity contribution in [2.75, 3.05) is 6.61 Å². The average Bonchev–Trinajstić information content (AvgIpc) is 2.44. The number of oxime groups is 1. The molecule has 0 aromatic heterocycles. The first-order chi connectivity index (χ1) is 10.2. The van der Waals surface area contributed by atoms with E-state index in [0.717, 1.165) is 0 Å². The van der Waals surface area contributed by atoms with Crippen LogP contribution in [0.5, 0.6) is 0 Å². The molecule has 1 fully saturated rings. The minimum absolute atomic E-state index is 0.0230. The Bertz CT molecular complexity index is 507. The normalized spacial score (nSPS) is 33.5. The molecule has 1 saturated heterocycles. The molecule has 22 heavy (non-hydrogen) atoms. The number of aliphatic hydroxyl groups excluding tert-OH is 4. The highest BCUT2D eigenvalue weighted by atomic mass is 32.3. The summed E-state index contributed by atoms with van der Waals surface area (Å²) in [7, 11) is -4.79. The maximum absolute atomic E-state index is 10.5. The van der Waals surface area contributed by atoms with Gasteiger partial charge in [-0.25, -0.2) is 4.28 Å². The van der Waals surface area contributed by atoms with Gasteiger partial charge in [0.2, 0.25) is 0 Å². The number of ether oxygens (including phenoxy) is 1. The van der Waals surface area contributed by atoms with Crippen molar-refractivity contribution >= 4 is 27.2 Å². The van der Waals surface area contributed by atoms with Crippen molar-refractivity contribution in [3.05, 3.63) is 12.7 Å². The summed E-state index contributed by atoms with van der Waals surface area (Å²) in [4.78, 5) is 0.